The smallest absolute Gasteiger partial charge is 0.349 e. The van der Waals surface area contributed by atoms with Crippen LogP contribution in [0.2, 0.25) is 0 Å². The topological polar surface area (TPSA) is 92.3 Å². The fraction of sp³-hybridized carbons (Fsp3) is 0.615. The Morgan fingerprint density at radius 1 is 1.45 bits per heavy atom. The number of rotatable bonds is 2. The van der Waals surface area contributed by atoms with Gasteiger partial charge in [0.1, 0.15) is 11.6 Å². The molecule has 0 bridgehead atoms. The highest BCUT2D eigenvalue weighted by Gasteiger charge is 2.26. The normalized spacial score (nSPS) is 23.1. The Morgan fingerprint density at radius 2 is 2.20 bits per heavy atom. The molecule has 1 aliphatic carbocycles. The Morgan fingerprint density at radius 3 is 2.95 bits per heavy atom. The van der Waals surface area contributed by atoms with Crippen LogP contribution in [0.25, 0.3) is 5.65 Å². The maximum absolute atomic E-state index is 11.6. The largest absolute Gasteiger partial charge is 0.355 e. The van der Waals surface area contributed by atoms with E-state index in [1.54, 1.807) is 0 Å². The first-order chi connectivity index (χ1) is 9.58. The molecule has 0 amide bonds. The van der Waals surface area contributed by atoms with E-state index in [0.717, 1.165) is 18.7 Å². The number of aromatic amines is 1. The van der Waals surface area contributed by atoms with E-state index in [1.165, 1.54) is 17.2 Å². The van der Waals surface area contributed by atoms with Crippen LogP contribution in [-0.4, -0.2) is 38.7 Å². The van der Waals surface area contributed by atoms with Gasteiger partial charge in [-0.25, -0.2) is 19.3 Å². The molecule has 2 aromatic heterocycles. The minimum atomic E-state index is -0.256. The van der Waals surface area contributed by atoms with E-state index >= 15 is 0 Å². The van der Waals surface area contributed by atoms with Gasteiger partial charge in [0.05, 0.1) is 0 Å². The predicted octanol–water partition coefficient (Wildman–Crippen LogP) is 0.432. The van der Waals surface area contributed by atoms with Crippen molar-refractivity contribution in [1.29, 1.82) is 0 Å². The Bertz CT molecular complexity index is 675. The Labute approximate surface area is 116 Å². The molecule has 1 fully saturated rings. The van der Waals surface area contributed by atoms with E-state index in [1.807, 2.05) is 20.0 Å². The molecule has 0 aliphatic heterocycles. The van der Waals surface area contributed by atoms with Gasteiger partial charge in [-0.2, -0.15) is 5.10 Å². The summed E-state index contributed by atoms with van der Waals surface area (Å²) in [6.45, 7) is 1.81. The highest BCUT2D eigenvalue weighted by molar-refractivity contribution is 5.51. The van der Waals surface area contributed by atoms with Gasteiger partial charge < -0.3 is 10.6 Å². The number of nitrogens with zero attached hydrogens (tertiary/aromatic N) is 4. The van der Waals surface area contributed by atoms with E-state index < -0.39 is 0 Å². The minimum absolute atomic E-state index is 0.174. The lowest BCUT2D eigenvalue weighted by atomic mass is 9.90. The van der Waals surface area contributed by atoms with E-state index in [9.17, 15) is 4.79 Å². The Kier molecular flexibility index (Phi) is 3.21. The van der Waals surface area contributed by atoms with Crippen LogP contribution in [0, 0.1) is 6.92 Å². The van der Waals surface area contributed by atoms with Crippen LogP contribution >= 0.6 is 0 Å². The highest BCUT2D eigenvalue weighted by atomic mass is 16.1. The van der Waals surface area contributed by atoms with Gasteiger partial charge in [0.25, 0.3) is 0 Å². The molecule has 7 heteroatoms. The number of hydrogen-bond donors (Lipinski definition) is 2. The zero-order chi connectivity index (χ0) is 14.3. The molecule has 3 rings (SSSR count). The summed E-state index contributed by atoms with van der Waals surface area (Å²) in [6, 6.07) is 2.30. The molecule has 108 valence electrons. The van der Waals surface area contributed by atoms with Crippen molar-refractivity contribution in [3.05, 3.63) is 22.4 Å². The fourth-order valence-corrected chi connectivity index (χ4v) is 3.05. The molecular formula is C13H20N6O. The van der Waals surface area contributed by atoms with Gasteiger partial charge in [-0.05, 0) is 19.8 Å². The summed E-state index contributed by atoms with van der Waals surface area (Å²) in [5, 5.41) is 6.46. The number of hydrogen-bond acceptors (Lipinski definition) is 5. The molecule has 0 radical (unpaired) electrons. The molecular weight excluding hydrogens is 256 g/mol. The quantitative estimate of drug-likeness (QED) is 0.830. The summed E-state index contributed by atoms with van der Waals surface area (Å²) in [4.78, 5) is 18.2. The van der Waals surface area contributed by atoms with Crippen molar-refractivity contribution < 1.29 is 0 Å². The van der Waals surface area contributed by atoms with E-state index in [0.29, 0.717) is 17.5 Å². The van der Waals surface area contributed by atoms with E-state index in [4.69, 9.17) is 5.73 Å². The van der Waals surface area contributed by atoms with Crippen molar-refractivity contribution in [2.24, 2.45) is 5.73 Å². The minimum Gasteiger partial charge on any atom is -0.355 e. The van der Waals surface area contributed by atoms with Gasteiger partial charge in [-0.15, -0.1) is 0 Å². The summed E-state index contributed by atoms with van der Waals surface area (Å²) in [7, 11) is 2.01. The number of nitrogens with one attached hydrogen (secondary N) is 1. The van der Waals surface area contributed by atoms with Crippen molar-refractivity contribution in [2.45, 2.75) is 44.7 Å². The van der Waals surface area contributed by atoms with Crippen LogP contribution < -0.4 is 16.3 Å². The first kappa shape index (κ1) is 13.1. The third kappa shape index (κ3) is 2.07. The maximum Gasteiger partial charge on any atom is 0.349 e. The van der Waals surface area contributed by atoms with Crippen LogP contribution in [0.15, 0.2) is 10.9 Å². The third-order valence-corrected chi connectivity index (χ3v) is 4.20. The molecule has 20 heavy (non-hydrogen) atoms. The molecule has 0 spiro atoms. The summed E-state index contributed by atoms with van der Waals surface area (Å²) in [5.41, 5.74) is 6.56. The standard InChI is InChI=1S/C13H20N6O/c1-8-15-11(7-12-16-17-13(20)19(8)12)18(2)10-6-4-3-5-9(10)14/h7,9-10H,3-6,14H2,1-2H3,(H,17,20). The number of likely N-dealkylation sites (N-methyl/N-ethyl adjacent to an activating group) is 1. The SMILES string of the molecule is Cc1nc(N(C)C2CCCCC2N)cc2n[nH]c(=O)n12. The molecule has 2 unspecified atom stereocenters. The predicted molar refractivity (Wildman–Crippen MR) is 77.0 cm³/mol. The lowest BCUT2D eigenvalue weighted by Crippen LogP contribution is -2.48. The lowest BCUT2D eigenvalue weighted by Gasteiger charge is -2.36. The highest BCUT2D eigenvalue weighted by Crippen LogP contribution is 2.25. The van der Waals surface area contributed by atoms with Crippen LogP contribution in [0.4, 0.5) is 5.82 Å². The molecule has 2 heterocycles. The lowest BCUT2D eigenvalue weighted by molar-refractivity contribution is 0.372. The molecule has 3 N–H and O–H groups in total. The van der Waals surface area contributed by atoms with Crippen molar-refractivity contribution in [1.82, 2.24) is 19.6 Å². The van der Waals surface area contributed by atoms with Crippen molar-refractivity contribution >= 4 is 11.5 Å². The van der Waals surface area contributed by atoms with Gasteiger partial charge in [-0.1, -0.05) is 12.8 Å². The Balaban J connectivity index is 1.99. The zero-order valence-electron chi connectivity index (χ0n) is 11.8. The molecule has 2 atom stereocenters. The number of fused-ring (bicyclic) bond motifs is 1. The van der Waals surface area contributed by atoms with Gasteiger partial charge in [0.2, 0.25) is 0 Å². The van der Waals surface area contributed by atoms with Crippen LogP contribution in [0.5, 0.6) is 0 Å². The maximum atomic E-state index is 11.6. The van der Waals surface area contributed by atoms with E-state index in [-0.39, 0.29) is 11.7 Å². The second-order valence-electron chi connectivity index (χ2n) is 5.51. The summed E-state index contributed by atoms with van der Waals surface area (Å²) >= 11 is 0. The summed E-state index contributed by atoms with van der Waals surface area (Å²) in [6.07, 6.45) is 4.53. The van der Waals surface area contributed by atoms with Crippen LogP contribution in [0.1, 0.15) is 31.5 Å². The number of nitrogens with two attached hydrogens (primary N) is 1. The number of aromatic nitrogens is 4. The van der Waals surface area contributed by atoms with Crippen molar-refractivity contribution in [2.75, 3.05) is 11.9 Å². The van der Waals surface area contributed by atoms with Gasteiger partial charge in [-0.3, -0.25) is 0 Å². The number of H-pyrrole nitrogens is 1. The van der Waals surface area contributed by atoms with E-state index in [2.05, 4.69) is 20.1 Å². The zero-order valence-corrected chi connectivity index (χ0v) is 11.8. The molecule has 0 aromatic carbocycles. The first-order valence-corrected chi connectivity index (χ1v) is 7.01. The van der Waals surface area contributed by atoms with Crippen LogP contribution in [0.3, 0.4) is 0 Å². The average Bonchev–Trinajstić information content (AvgIpc) is 2.80. The Hall–Kier alpha value is -1.89. The van der Waals surface area contributed by atoms with Gasteiger partial charge in [0.15, 0.2) is 5.65 Å². The number of anilines is 1. The number of aryl methyl sites for hydroxylation is 1. The third-order valence-electron chi connectivity index (χ3n) is 4.20. The van der Waals surface area contributed by atoms with Crippen molar-refractivity contribution in [3.63, 3.8) is 0 Å². The monoisotopic (exact) mass is 276 g/mol. The fourth-order valence-electron chi connectivity index (χ4n) is 3.05. The molecule has 0 saturated heterocycles. The van der Waals surface area contributed by atoms with Crippen LogP contribution in [-0.2, 0) is 0 Å². The summed E-state index contributed by atoms with van der Waals surface area (Å²) in [5.74, 6) is 1.45. The second-order valence-corrected chi connectivity index (χ2v) is 5.51. The summed E-state index contributed by atoms with van der Waals surface area (Å²) < 4.78 is 1.47. The molecule has 7 nitrogen and oxygen atoms in total. The molecule has 1 aliphatic rings. The molecule has 2 aromatic rings. The van der Waals surface area contributed by atoms with Gasteiger partial charge in [0, 0.05) is 25.2 Å². The van der Waals surface area contributed by atoms with Gasteiger partial charge >= 0.3 is 5.69 Å². The first-order valence-electron chi connectivity index (χ1n) is 7.01. The average molecular weight is 276 g/mol. The molecule has 1 saturated carbocycles. The van der Waals surface area contributed by atoms with Crippen molar-refractivity contribution in [3.8, 4) is 0 Å². The second kappa shape index (κ2) is 4.90.